The van der Waals surface area contributed by atoms with Gasteiger partial charge in [0.1, 0.15) is 5.75 Å². The normalized spacial score (nSPS) is 9.75. The standard InChI is InChI=1S/C12H15NO2S/c13-10-11-2-4-12(5-3-11)15-7-9-16-8-1-6-14/h2-5,14H,1,6-9H2. The minimum absolute atomic E-state index is 0.253. The second-order valence-corrected chi connectivity index (χ2v) is 4.40. The summed E-state index contributed by atoms with van der Waals surface area (Å²) in [5.74, 6) is 2.68. The van der Waals surface area contributed by atoms with Crippen LogP contribution >= 0.6 is 11.8 Å². The number of ether oxygens (including phenoxy) is 1. The molecule has 0 unspecified atom stereocenters. The van der Waals surface area contributed by atoms with Crippen LogP contribution in [0, 0.1) is 11.3 Å². The summed E-state index contributed by atoms with van der Waals surface area (Å²) in [4.78, 5) is 0. The van der Waals surface area contributed by atoms with Crippen LogP contribution in [0.2, 0.25) is 0 Å². The summed E-state index contributed by atoms with van der Waals surface area (Å²) in [6.07, 6.45) is 0.835. The van der Waals surface area contributed by atoms with Crippen LogP contribution < -0.4 is 4.74 Å². The van der Waals surface area contributed by atoms with E-state index in [2.05, 4.69) is 6.07 Å². The van der Waals surface area contributed by atoms with Crippen LogP contribution in [0.25, 0.3) is 0 Å². The number of hydrogen-bond acceptors (Lipinski definition) is 4. The summed E-state index contributed by atoms with van der Waals surface area (Å²) in [6, 6.07) is 9.15. The zero-order valence-corrected chi connectivity index (χ0v) is 9.87. The van der Waals surface area contributed by atoms with E-state index in [0.717, 1.165) is 23.7 Å². The molecule has 0 bridgehead atoms. The first-order chi connectivity index (χ1) is 7.86. The molecule has 0 saturated carbocycles. The maximum atomic E-state index is 8.61. The van der Waals surface area contributed by atoms with Gasteiger partial charge < -0.3 is 9.84 Å². The van der Waals surface area contributed by atoms with Crippen molar-refractivity contribution in [3.63, 3.8) is 0 Å². The predicted molar refractivity (Wildman–Crippen MR) is 65.7 cm³/mol. The van der Waals surface area contributed by atoms with E-state index in [-0.39, 0.29) is 6.61 Å². The zero-order chi connectivity index (χ0) is 11.6. The van der Waals surface area contributed by atoms with Gasteiger partial charge in [-0.1, -0.05) is 0 Å². The van der Waals surface area contributed by atoms with Crippen molar-refractivity contribution in [2.45, 2.75) is 6.42 Å². The number of nitriles is 1. The monoisotopic (exact) mass is 237 g/mol. The summed E-state index contributed by atoms with van der Waals surface area (Å²) in [5.41, 5.74) is 0.643. The number of aliphatic hydroxyl groups is 1. The van der Waals surface area contributed by atoms with Crippen molar-refractivity contribution >= 4 is 11.8 Å². The third-order valence-electron chi connectivity index (χ3n) is 1.93. The molecule has 0 heterocycles. The molecule has 0 fully saturated rings. The molecular formula is C12H15NO2S. The molecule has 1 aromatic rings. The van der Waals surface area contributed by atoms with E-state index in [4.69, 9.17) is 15.1 Å². The molecule has 0 radical (unpaired) electrons. The number of hydrogen-bond donors (Lipinski definition) is 1. The molecule has 1 rings (SSSR count). The van der Waals surface area contributed by atoms with Crippen molar-refractivity contribution < 1.29 is 9.84 Å². The van der Waals surface area contributed by atoms with Gasteiger partial charge in [-0.15, -0.1) is 0 Å². The molecule has 0 saturated heterocycles. The summed E-state index contributed by atoms with van der Waals surface area (Å²) < 4.78 is 5.49. The van der Waals surface area contributed by atoms with E-state index in [0.29, 0.717) is 12.2 Å². The highest BCUT2D eigenvalue weighted by atomic mass is 32.2. The number of nitrogens with zero attached hydrogens (tertiary/aromatic N) is 1. The molecule has 0 spiro atoms. The van der Waals surface area contributed by atoms with Gasteiger partial charge in [-0.2, -0.15) is 17.0 Å². The van der Waals surface area contributed by atoms with Crippen LogP contribution in [0.5, 0.6) is 5.75 Å². The van der Waals surface area contributed by atoms with Crippen LogP contribution in [-0.2, 0) is 0 Å². The van der Waals surface area contributed by atoms with Crippen molar-refractivity contribution in [3.05, 3.63) is 29.8 Å². The Morgan fingerprint density at radius 1 is 1.25 bits per heavy atom. The van der Waals surface area contributed by atoms with Crippen molar-refractivity contribution in [3.8, 4) is 11.8 Å². The zero-order valence-electron chi connectivity index (χ0n) is 9.06. The van der Waals surface area contributed by atoms with E-state index in [1.165, 1.54) is 0 Å². The van der Waals surface area contributed by atoms with E-state index in [9.17, 15) is 0 Å². The van der Waals surface area contributed by atoms with Crippen molar-refractivity contribution in [1.82, 2.24) is 0 Å². The molecule has 86 valence electrons. The van der Waals surface area contributed by atoms with Crippen LogP contribution in [-0.4, -0.2) is 29.8 Å². The molecule has 0 aliphatic carbocycles. The average molecular weight is 237 g/mol. The minimum atomic E-state index is 0.253. The molecule has 4 heteroatoms. The fraction of sp³-hybridized carbons (Fsp3) is 0.417. The minimum Gasteiger partial charge on any atom is -0.493 e. The lowest BCUT2D eigenvalue weighted by Gasteiger charge is -2.05. The fourth-order valence-corrected chi connectivity index (χ4v) is 1.85. The lowest BCUT2D eigenvalue weighted by atomic mass is 10.2. The number of benzene rings is 1. The molecule has 16 heavy (non-hydrogen) atoms. The van der Waals surface area contributed by atoms with Gasteiger partial charge in [0.15, 0.2) is 0 Å². The highest BCUT2D eigenvalue weighted by Gasteiger charge is 1.95. The molecule has 0 aliphatic heterocycles. The molecule has 3 nitrogen and oxygen atoms in total. The smallest absolute Gasteiger partial charge is 0.119 e. The van der Waals surface area contributed by atoms with Gasteiger partial charge in [0.05, 0.1) is 18.2 Å². The van der Waals surface area contributed by atoms with Crippen molar-refractivity contribution in [2.24, 2.45) is 0 Å². The quantitative estimate of drug-likeness (QED) is 0.737. The Labute approximate surface area is 100 Å². The fourth-order valence-electron chi connectivity index (χ4n) is 1.11. The Bertz CT molecular complexity index is 332. The first-order valence-corrected chi connectivity index (χ1v) is 6.34. The number of rotatable bonds is 7. The first-order valence-electron chi connectivity index (χ1n) is 5.18. The van der Waals surface area contributed by atoms with Crippen LogP contribution in [0.15, 0.2) is 24.3 Å². The highest BCUT2D eigenvalue weighted by molar-refractivity contribution is 7.99. The molecule has 0 atom stereocenters. The van der Waals surface area contributed by atoms with E-state index < -0.39 is 0 Å². The molecular weight excluding hydrogens is 222 g/mol. The van der Waals surface area contributed by atoms with E-state index in [1.807, 2.05) is 0 Å². The van der Waals surface area contributed by atoms with Crippen LogP contribution in [0.3, 0.4) is 0 Å². The van der Waals surface area contributed by atoms with E-state index in [1.54, 1.807) is 36.0 Å². The lowest BCUT2D eigenvalue weighted by Crippen LogP contribution is -2.01. The van der Waals surface area contributed by atoms with Crippen LogP contribution in [0.4, 0.5) is 0 Å². The van der Waals surface area contributed by atoms with Crippen LogP contribution in [0.1, 0.15) is 12.0 Å². The largest absolute Gasteiger partial charge is 0.493 e. The topological polar surface area (TPSA) is 53.2 Å². The molecule has 1 aromatic carbocycles. The van der Waals surface area contributed by atoms with Gasteiger partial charge in [0.25, 0.3) is 0 Å². The van der Waals surface area contributed by atoms with E-state index >= 15 is 0 Å². The van der Waals surface area contributed by atoms with Gasteiger partial charge >= 0.3 is 0 Å². The third kappa shape index (κ3) is 5.06. The number of aliphatic hydroxyl groups excluding tert-OH is 1. The Morgan fingerprint density at radius 2 is 2.00 bits per heavy atom. The first kappa shape index (κ1) is 12.9. The Balaban J connectivity index is 2.15. The van der Waals surface area contributed by atoms with Crippen molar-refractivity contribution in [2.75, 3.05) is 24.7 Å². The maximum Gasteiger partial charge on any atom is 0.119 e. The summed E-state index contributed by atoms with van der Waals surface area (Å²) >= 11 is 1.77. The molecule has 0 aliphatic rings. The van der Waals surface area contributed by atoms with Gasteiger partial charge in [-0.25, -0.2) is 0 Å². The second kappa shape index (κ2) is 8.03. The van der Waals surface area contributed by atoms with Gasteiger partial charge in [0.2, 0.25) is 0 Å². The van der Waals surface area contributed by atoms with Gasteiger partial charge in [-0.05, 0) is 36.4 Å². The Morgan fingerprint density at radius 3 is 2.62 bits per heavy atom. The molecule has 1 N–H and O–H groups in total. The molecule has 0 aromatic heterocycles. The Kier molecular flexibility index (Phi) is 6.47. The van der Waals surface area contributed by atoms with Gasteiger partial charge in [-0.3, -0.25) is 0 Å². The summed E-state index contributed by atoms with van der Waals surface area (Å²) in [7, 11) is 0. The second-order valence-electron chi connectivity index (χ2n) is 3.17. The van der Waals surface area contributed by atoms with Crippen molar-refractivity contribution in [1.29, 1.82) is 5.26 Å². The highest BCUT2D eigenvalue weighted by Crippen LogP contribution is 2.12. The molecule has 0 amide bonds. The SMILES string of the molecule is N#Cc1ccc(OCCSCCCO)cc1. The summed E-state index contributed by atoms with van der Waals surface area (Å²) in [5, 5.41) is 17.2. The Hall–Kier alpha value is -1.18. The average Bonchev–Trinajstić information content (AvgIpc) is 2.34. The summed E-state index contributed by atoms with van der Waals surface area (Å²) in [6.45, 7) is 0.908. The van der Waals surface area contributed by atoms with Gasteiger partial charge in [0, 0.05) is 12.4 Å². The maximum absolute atomic E-state index is 8.61. The third-order valence-corrected chi connectivity index (χ3v) is 2.96. The number of thioether (sulfide) groups is 1. The lowest BCUT2D eigenvalue weighted by molar-refractivity contribution is 0.296. The predicted octanol–water partition coefficient (Wildman–Crippen LogP) is 2.05.